The van der Waals surface area contributed by atoms with E-state index in [4.69, 9.17) is 4.74 Å². The van der Waals surface area contributed by atoms with Gasteiger partial charge in [0.05, 0.1) is 13.5 Å². The molecule has 1 fully saturated rings. The van der Waals surface area contributed by atoms with E-state index in [0.29, 0.717) is 13.0 Å². The summed E-state index contributed by atoms with van der Waals surface area (Å²) in [6.45, 7) is 2.35. The number of aryl methyl sites for hydroxylation is 1. The van der Waals surface area contributed by atoms with Gasteiger partial charge in [0.1, 0.15) is 11.8 Å². The van der Waals surface area contributed by atoms with Gasteiger partial charge >= 0.3 is 0 Å². The average molecular weight is 485 g/mol. The number of methoxy groups -OCH3 is 1. The lowest BCUT2D eigenvalue weighted by Gasteiger charge is -2.32. The fourth-order valence-corrected chi connectivity index (χ4v) is 4.96. The highest BCUT2D eigenvalue weighted by Crippen LogP contribution is 2.22. The molecule has 5 heteroatoms. The molecule has 0 unspecified atom stereocenters. The molecule has 1 N–H and O–H groups in total. The van der Waals surface area contributed by atoms with Crippen LogP contribution in [0.3, 0.4) is 0 Å². The maximum atomic E-state index is 13.9. The molecule has 1 aliphatic carbocycles. The van der Waals surface area contributed by atoms with Gasteiger partial charge in [0.25, 0.3) is 0 Å². The lowest BCUT2D eigenvalue weighted by Crippen LogP contribution is -2.52. The number of nitrogens with one attached hydrogen (secondary N) is 1. The lowest BCUT2D eigenvalue weighted by atomic mass is 10.00. The van der Waals surface area contributed by atoms with Crippen molar-refractivity contribution in [1.29, 1.82) is 0 Å². The Bertz CT molecular complexity index is 1160. The van der Waals surface area contributed by atoms with E-state index in [0.717, 1.165) is 53.7 Å². The van der Waals surface area contributed by atoms with Crippen LogP contribution in [-0.2, 0) is 29.0 Å². The molecule has 5 nitrogen and oxygen atoms in total. The van der Waals surface area contributed by atoms with Crippen molar-refractivity contribution in [2.24, 2.45) is 0 Å². The highest BCUT2D eigenvalue weighted by atomic mass is 16.5. The predicted octanol–water partition coefficient (Wildman–Crippen LogP) is 5.25. The van der Waals surface area contributed by atoms with E-state index < -0.39 is 6.04 Å². The molecule has 0 aromatic heterocycles. The second-order valence-corrected chi connectivity index (χ2v) is 9.67. The fraction of sp³-hybridized carbons (Fsp3) is 0.355. The van der Waals surface area contributed by atoms with E-state index in [1.807, 2.05) is 85.8 Å². The van der Waals surface area contributed by atoms with E-state index >= 15 is 0 Å². The van der Waals surface area contributed by atoms with Crippen LogP contribution in [0.2, 0.25) is 0 Å². The number of hydrogen-bond donors (Lipinski definition) is 1. The summed E-state index contributed by atoms with van der Waals surface area (Å²) < 4.78 is 5.42. The van der Waals surface area contributed by atoms with Gasteiger partial charge in [0.2, 0.25) is 11.8 Å². The Morgan fingerprint density at radius 1 is 0.944 bits per heavy atom. The lowest BCUT2D eigenvalue weighted by molar-refractivity contribution is -0.141. The quantitative estimate of drug-likeness (QED) is 0.428. The molecule has 2 amide bonds. The van der Waals surface area contributed by atoms with E-state index in [1.54, 1.807) is 12.0 Å². The Morgan fingerprint density at radius 3 is 2.36 bits per heavy atom. The summed E-state index contributed by atoms with van der Waals surface area (Å²) in [6, 6.07) is 25.2. The molecule has 4 rings (SSSR count). The highest BCUT2D eigenvalue weighted by molar-refractivity contribution is 5.89. The monoisotopic (exact) mass is 484 g/mol. The van der Waals surface area contributed by atoms with Gasteiger partial charge in [-0.3, -0.25) is 9.59 Å². The number of amides is 2. The Labute approximate surface area is 214 Å². The zero-order valence-electron chi connectivity index (χ0n) is 21.3. The standard InChI is InChI=1S/C31H36N2O3/c1-23-11-6-7-15-26(23)21-30(34)33(22-25-14-10-18-28(19-25)36-2)29(20-24-12-4-3-5-13-24)31(35)32-27-16-8-9-17-27/h3-7,10-15,18-19,27,29H,8-9,16-17,20-22H2,1-2H3,(H,32,35)/t29-/m1/s1. The third-order valence-electron chi connectivity index (χ3n) is 7.06. The van der Waals surface area contributed by atoms with Crippen molar-refractivity contribution in [2.45, 2.75) is 64.1 Å². The number of carbonyl (C=O) groups excluding carboxylic acids is 2. The molecule has 0 saturated heterocycles. The van der Waals surface area contributed by atoms with Crippen LogP contribution in [0.1, 0.15) is 47.9 Å². The van der Waals surface area contributed by atoms with Crippen LogP contribution in [-0.4, -0.2) is 35.9 Å². The molecule has 1 aliphatic rings. The molecule has 1 atom stereocenters. The van der Waals surface area contributed by atoms with Gasteiger partial charge in [-0.2, -0.15) is 0 Å². The number of hydrogen-bond acceptors (Lipinski definition) is 3. The third kappa shape index (κ3) is 6.75. The smallest absolute Gasteiger partial charge is 0.243 e. The first-order valence-electron chi connectivity index (χ1n) is 12.8. The third-order valence-corrected chi connectivity index (χ3v) is 7.06. The van der Waals surface area contributed by atoms with Crippen molar-refractivity contribution in [3.63, 3.8) is 0 Å². The second kappa shape index (κ2) is 12.4. The molecular weight excluding hydrogens is 448 g/mol. The largest absolute Gasteiger partial charge is 0.497 e. The fourth-order valence-electron chi connectivity index (χ4n) is 4.96. The van der Waals surface area contributed by atoms with Crippen LogP contribution in [0, 0.1) is 6.92 Å². The van der Waals surface area contributed by atoms with Crippen LogP contribution in [0.25, 0.3) is 0 Å². The maximum Gasteiger partial charge on any atom is 0.243 e. The minimum atomic E-state index is -0.615. The van der Waals surface area contributed by atoms with Crippen molar-refractivity contribution in [3.05, 3.63) is 101 Å². The average Bonchev–Trinajstić information content (AvgIpc) is 3.41. The molecule has 1 saturated carbocycles. The molecule has 0 heterocycles. The van der Waals surface area contributed by atoms with E-state index in [1.165, 1.54) is 0 Å². The van der Waals surface area contributed by atoms with Crippen molar-refractivity contribution in [3.8, 4) is 5.75 Å². The van der Waals surface area contributed by atoms with Gasteiger partial charge in [-0.25, -0.2) is 0 Å². The molecule has 3 aromatic carbocycles. The summed E-state index contributed by atoms with van der Waals surface area (Å²) >= 11 is 0. The first-order valence-corrected chi connectivity index (χ1v) is 12.8. The second-order valence-electron chi connectivity index (χ2n) is 9.67. The summed E-state index contributed by atoms with van der Waals surface area (Å²) in [5, 5.41) is 3.26. The number of ether oxygens (including phenoxy) is 1. The molecule has 0 bridgehead atoms. The van der Waals surface area contributed by atoms with Gasteiger partial charge in [0.15, 0.2) is 0 Å². The van der Waals surface area contributed by atoms with Crippen LogP contribution >= 0.6 is 0 Å². The van der Waals surface area contributed by atoms with Crippen LogP contribution in [0.5, 0.6) is 5.75 Å². The summed E-state index contributed by atoms with van der Waals surface area (Å²) in [4.78, 5) is 29.4. The zero-order chi connectivity index (χ0) is 25.3. The zero-order valence-corrected chi connectivity index (χ0v) is 21.3. The van der Waals surface area contributed by atoms with E-state index in [2.05, 4.69) is 5.32 Å². The maximum absolute atomic E-state index is 13.9. The summed E-state index contributed by atoms with van der Waals surface area (Å²) in [5.74, 6) is 0.593. The molecule has 3 aromatic rings. The van der Waals surface area contributed by atoms with Crippen molar-refractivity contribution < 1.29 is 14.3 Å². The number of benzene rings is 3. The summed E-state index contributed by atoms with van der Waals surface area (Å²) in [5.41, 5.74) is 4.01. The summed E-state index contributed by atoms with van der Waals surface area (Å²) in [6.07, 6.45) is 4.97. The molecular formula is C31H36N2O3. The van der Waals surface area contributed by atoms with Gasteiger partial charge in [-0.05, 0) is 54.2 Å². The minimum absolute atomic E-state index is 0.0605. The van der Waals surface area contributed by atoms with Crippen LogP contribution < -0.4 is 10.1 Å². The molecule has 0 radical (unpaired) electrons. The van der Waals surface area contributed by atoms with Crippen molar-refractivity contribution in [2.75, 3.05) is 7.11 Å². The Balaban J connectivity index is 1.67. The molecule has 0 spiro atoms. The van der Waals surface area contributed by atoms with Gasteiger partial charge in [-0.15, -0.1) is 0 Å². The van der Waals surface area contributed by atoms with Gasteiger partial charge < -0.3 is 15.0 Å². The summed E-state index contributed by atoms with van der Waals surface area (Å²) in [7, 11) is 1.63. The molecule has 0 aliphatic heterocycles. The van der Waals surface area contributed by atoms with Crippen molar-refractivity contribution >= 4 is 11.8 Å². The van der Waals surface area contributed by atoms with E-state index in [-0.39, 0.29) is 24.3 Å². The number of nitrogens with zero attached hydrogens (tertiary/aromatic N) is 1. The van der Waals surface area contributed by atoms with Gasteiger partial charge in [0, 0.05) is 19.0 Å². The van der Waals surface area contributed by atoms with E-state index in [9.17, 15) is 9.59 Å². The Kier molecular flexibility index (Phi) is 8.77. The number of rotatable bonds is 10. The highest BCUT2D eigenvalue weighted by Gasteiger charge is 2.32. The normalized spacial score (nSPS) is 14.3. The van der Waals surface area contributed by atoms with Crippen LogP contribution in [0.15, 0.2) is 78.9 Å². The first kappa shape index (κ1) is 25.5. The topological polar surface area (TPSA) is 58.6 Å². The molecule has 36 heavy (non-hydrogen) atoms. The SMILES string of the molecule is COc1cccc(CN(C(=O)Cc2ccccc2C)[C@H](Cc2ccccc2)C(=O)NC2CCCC2)c1. The van der Waals surface area contributed by atoms with Crippen LogP contribution in [0.4, 0.5) is 0 Å². The predicted molar refractivity (Wildman–Crippen MR) is 143 cm³/mol. The van der Waals surface area contributed by atoms with Crippen molar-refractivity contribution in [1.82, 2.24) is 10.2 Å². The van der Waals surface area contributed by atoms with Gasteiger partial charge in [-0.1, -0.05) is 79.6 Å². The first-order chi connectivity index (χ1) is 17.5. The Morgan fingerprint density at radius 2 is 1.64 bits per heavy atom. The Hall–Kier alpha value is -3.60. The molecule has 188 valence electrons. The number of carbonyl (C=O) groups is 2. The minimum Gasteiger partial charge on any atom is -0.497 e.